The maximum Gasteiger partial charge on any atom is 0.295 e. The number of amides is 1. The fourth-order valence-electron chi connectivity index (χ4n) is 4.21. The number of carbonyl (C=O) groups is 2. The van der Waals surface area contributed by atoms with Gasteiger partial charge in [0, 0.05) is 31.0 Å². The molecule has 0 saturated carbocycles. The molecular formula is C27H29N3O5. The zero-order valence-electron chi connectivity index (χ0n) is 20.0. The Kier molecular flexibility index (Phi) is 7.19. The molecule has 1 aliphatic heterocycles. The van der Waals surface area contributed by atoms with Crippen LogP contribution in [0.5, 0.6) is 11.5 Å². The second kappa shape index (κ2) is 10.5. The van der Waals surface area contributed by atoms with Gasteiger partial charge in [-0.25, -0.2) is 4.98 Å². The molecule has 0 spiro atoms. The topological polar surface area (TPSA) is 93.9 Å². The highest BCUT2D eigenvalue weighted by molar-refractivity contribution is 6.46. The van der Waals surface area contributed by atoms with Crippen molar-refractivity contribution in [1.82, 2.24) is 14.5 Å². The summed E-state index contributed by atoms with van der Waals surface area (Å²) < 4.78 is 12.8. The molecule has 0 aliphatic carbocycles. The molecule has 4 rings (SSSR count). The van der Waals surface area contributed by atoms with Crippen LogP contribution in [-0.4, -0.2) is 51.0 Å². The summed E-state index contributed by atoms with van der Waals surface area (Å²) in [5.41, 5.74) is 1.23. The van der Waals surface area contributed by atoms with E-state index in [1.807, 2.05) is 36.7 Å². The van der Waals surface area contributed by atoms with Gasteiger partial charge in [0.25, 0.3) is 11.7 Å². The van der Waals surface area contributed by atoms with E-state index in [1.54, 1.807) is 56.0 Å². The van der Waals surface area contributed by atoms with Crippen molar-refractivity contribution in [2.45, 2.75) is 39.0 Å². The summed E-state index contributed by atoms with van der Waals surface area (Å²) >= 11 is 0. The highest BCUT2D eigenvalue weighted by Gasteiger charge is 2.45. The van der Waals surface area contributed by atoms with Crippen LogP contribution in [0.3, 0.4) is 0 Å². The molecule has 0 radical (unpaired) electrons. The zero-order valence-corrected chi connectivity index (χ0v) is 20.0. The molecule has 2 heterocycles. The minimum absolute atomic E-state index is 0.0113. The molecule has 1 amide bonds. The Morgan fingerprint density at radius 1 is 1.03 bits per heavy atom. The Balaban J connectivity index is 1.69. The van der Waals surface area contributed by atoms with E-state index in [-0.39, 0.29) is 17.4 Å². The molecule has 1 saturated heterocycles. The number of aliphatic hydroxyl groups is 1. The smallest absolute Gasteiger partial charge is 0.295 e. The number of aryl methyl sites for hydroxylation is 1. The van der Waals surface area contributed by atoms with Crippen LogP contribution in [0.2, 0.25) is 0 Å². The molecule has 1 atom stereocenters. The highest BCUT2D eigenvalue weighted by atomic mass is 16.5. The van der Waals surface area contributed by atoms with E-state index in [9.17, 15) is 14.7 Å². The molecular weight excluding hydrogens is 446 g/mol. The third-order valence-electron chi connectivity index (χ3n) is 5.85. The number of ether oxygens (including phenoxy) is 2. The Morgan fingerprint density at radius 2 is 1.71 bits per heavy atom. The minimum atomic E-state index is -0.713. The second-order valence-corrected chi connectivity index (χ2v) is 8.61. The van der Waals surface area contributed by atoms with E-state index in [2.05, 4.69) is 4.98 Å². The summed E-state index contributed by atoms with van der Waals surface area (Å²) in [5, 5.41) is 11.2. The molecule has 1 aromatic heterocycles. The van der Waals surface area contributed by atoms with Crippen LogP contribution in [-0.2, 0) is 16.1 Å². The number of imidazole rings is 1. The van der Waals surface area contributed by atoms with Crippen LogP contribution in [0.15, 0.2) is 72.8 Å². The summed E-state index contributed by atoms with van der Waals surface area (Å²) in [5.74, 6) is -0.224. The van der Waals surface area contributed by atoms with Gasteiger partial charge < -0.3 is 24.0 Å². The number of hydrogen-bond acceptors (Lipinski definition) is 6. The van der Waals surface area contributed by atoms with Gasteiger partial charge in [-0.05, 0) is 62.2 Å². The molecule has 182 valence electrons. The second-order valence-electron chi connectivity index (χ2n) is 8.61. The maximum atomic E-state index is 13.2. The number of ketones is 1. The van der Waals surface area contributed by atoms with Crippen molar-refractivity contribution in [2.75, 3.05) is 13.7 Å². The molecule has 1 unspecified atom stereocenters. The van der Waals surface area contributed by atoms with Gasteiger partial charge in [0.2, 0.25) is 0 Å². The largest absolute Gasteiger partial charge is 0.507 e. The summed E-state index contributed by atoms with van der Waals surface area (Å²) in [6.45, 7) is 4.85. The van der Waals surface area contributed by atoms with Crippen molar-refractivity contribution in [2.24, 2.45) is 0 Å². The standard InChI is InChI=1S/C27H29N3O5/c1-18(2)35-22-11-7-20(8-12-22)25(31)23-24(19-5-9-21(34-3)10-6-19)30(27(33)26(23)32)15-4-14-29-16-13-28-17-29/h5-13,16-18,24,31H,4,14-15H2,1-3H3/b25-23+. The average molecular weight is 476 g/mol. The Labute approximate surface area is 204 Å². The summed E-state index contributed by atoms with van der Waals surface area (Å²) in [6, 6.07) is 13.3. The molecule has 2 aromatic carbocycles. The van der Waals surface area contributed by atoms with E-state index < -0.39 is 17.7 Å². The van der Waals surface area contributed by atoms with Gasteiger partial charge in [-0.2, -0.15) is 0 Å². The van der Waals surface area contributed by atoms with Crippen molar-refractivity contribution in [3.05, 3.63) is 84.0 Å². The summed E-state index contributed by atoms with van der Waals surface area (Å²) in [6.07, 6.45) is 5.89. The lowest BCUT2D eigenvalue weighted by Crippen LogP contribution is -2.31. The van der Waals surface area contributed by atoms with Gasteiger partial charge in [0.15, 0.2) is 0 Å². The molecule has 3 aromatic rings. The first kappa shape index (κ1) is 24.1. The SMILES string of the molecule is COc1ccc(C2/C(=C(\O)c3ccc(OC(C)C)cc3)C(=O)C(=O)N2CCCn2ccnc2)cc1. The third kappa shape index (κ3) is 5.21. The van der Waals surface area contributed by atoms with Crippen LogP contribution < -0.4 is 9.47 Å². The van der Waals surface area contributed by atoms with Gasteiger partial charge in [0.05, 0.1) is 31.2 Å². The number of carbonyl (C=O) groups excluding carboxylic acids is 2. The van der Waals surface area contributed by atoms with E-state index >= 15 is 0 Å². The average Bonchev–Trinajstić information content (AvgIpc) is 3.46. The van der Waals surface area contributed by atoms with Crippen molar-refractivity contribution in [1.29, 1.82) is 0 Å². The van der Waals surface area contributed by atoms with Gasteiger partial charge in [-0.1, -0.05) is 12.1 Å². The molecule has 1 N–H and O–H groups in total. The van der Waals surface area contributed by atoms with E-state index in [1.165, 1.54) is 4.90 Å². The van der Waals surface area contributed by atoms with Crippen molar-refractivity contribution >= 4 is 17.4 Å². The Bertz CT molecular complexity index is 1200. The number of benzene rings is 2. The van der Waals surface area contributed by atoms with E-state index in [0.29, 0.717) is 42.1 Å². The first-order valence-corrected chi connectivity index (χ1v) is 11.5. The molecule has 8 heteroatoms. The number of Topliss-reactive ketones (excluding diaryl/α,β-unsaturated/α-hetero) is 1. The molecule has 1 aliphatic rings. The van der Waals surface area contributed by atoms with Crippen LogP contribution >= 0.6 is 0 Å². The molecule has 8 nitrogen and oxygen atoms in total. The van der Waals surface area contributed by atoms with E-state index in [4.69, 9.17) is 9.47 Å². The van der Waals surface area contributed by atoms with Crippen LogP contribution in [0, 0.1) is 0 Å². The van der Waals surface area contributed by atoms with Gasteiger partial charge in [0.1, 0.15) is 17.3 Å². The minimum Gasteiger partial charge on any atom is -0.507 e. The molecule has 0 bridgehead atoms. The lowest BCUT2D eigenvalue weighted by molar-refractivity contribution is -0.139. The monoisotopic (exact) mass is 475 g/mol. The first-order chi connectivity index (χ1) is 16.9. The summed E-state index contributed by atoms with van der Waals surface area (Å²) in [7, 11) is 1.57. The van der Waals surface area contributed by atoms with Gasteiger partial charge >= 0.3 is 0 Å². The number of rotatable bonds is 9. The lowest BCUT2D eigenvalue weighted by atomic mass is 9.95. The number of hydrogen-bond donors (Lipinski definition) is 1. The zero-order chi connectivity index (χ0) is 24.9. The predicted octanol–water partition coefficient (Wildman–Crippen LogP) is 4.19. The number of aromatic nitrogens is 2. The predicted molar refractivity (Wildman–Crippen MR) is 131 cm³/mol. The van der Waals surface area contributed by atoms with E-state index in [0.717, 1.165) is 0 Å². The Hall–Kier alpha value is -4.07. The normalized spacial score (nSPS) is 17.3. The molecule has 35 heavy (non-hydrogen) atoms. The number of likely N-dealkylation sites (tertiary alicyclic amines) is 1. The summed E-state index contributed by atoms with van der Waals surface area (Å²) in [4.78, 5) is 31.8. The quantitative estimate of drug-likeness (QED) is 0.283. The van der Waals surface area contributed by atoms with Gasteiger partial charge in [-0.3, -0.25) is 9.59 Å². The number of aliphatic hydroxyl groups excluding tert-OH is 1. The highest BCUT2D eigenvalue weighted by Crippen LogP contribution is 2.40. The lowest BCUT2D eigenvalue weighted by Gasteiger charge is -2.25. The van der Waals surface area contributed by atoms with Crippen molar-refractivity contribution in [3.8, 4) is 11.5 Å². The first-order valence-electron chi connectivity index (χ1n) is 11.5. The van der Waals surface area contributed by atoms with Crippen molar-refractivity contribution in [3.63, 3.8) is 0 Å². The Morgan fingerprint density at radius 3 is 2.31 bits per heavy atom. The van der Waals surface area contributed by atoms with Crippen LogP contribution in [0.25, 0.3) is 5.76 Å². The molecule has 1 fully saturated rings. The fraction of sp³-hybridized carbons (Fsp3) is 0.296. The number of nitrogens with zero attached hydrogens (tertiary/aromatic N) is 3. The third-order valence-corrected chi connectivity index (χ3v) is 5.85. The maximum absolute atomic E-state index is 13.2. The van der Waals surface area contributed by atoms with Crippen LogP contribution in [0.4, 0.5) is 0 Å². The fourth-order valence-corrected chi connectivity index (χ4v) is 4.21. The van der Waals surface area contributed by atoms with Gasteiger partial charge in [-0.15, -0.1) is 0 Å². The van der Waals surface area contributed by atoms with Crippen LogP contribution in [0.1, 0.15) is 37.4 Å². The van der Waals surface area contributed by atoms with Crippen molar-refractivity contribution < 1.29 is 24.2 Å². The number of methoxy groups -OCH3 is 1.